The molecule has 0 N–H and O–H groups in total. The van der Waals surface area contributed by atoms with Crippen LogP contribution in [0, 0.1) is 5.92 Å². The zero-order valence-electron chi connectivity index (χ0n) is 12.4. The Morgan fingerprint density at radius 1 is 1.05 bits per heavy atom. The molecule has 0 aromatic heterocycles. The minimum absolute atomic E-state index is 0.984. The van der Waals surface area contributed by atoms with Crippen LogP contribution in [0.15, 0.2) is 42.0 Å². The third-order valence-electron chi connectivity index (χ3n) is 4.37. The Labute approximate surface area is 118 Å². The van der Waals surface area contributed by atoms with Crippen molar-refractivity contribution in [3.8, 4) is 0 Å². The molecule has 0 aliphatic heterocycles. The lowest BCUT2D eigenvalue weighted by atomic mass is 9.85. The average Bonchev–Trinajstić information content (AvgIpc) is 2.47. The van der Waals surface area contributed by atoms with Gasteiger partial charge < -0.3 is 0 Å². The van der Waals surface area contributed by atoms with Crippen molar-refractivity contribution in [3.05, 3.63) is 47.5 Å². The Kier molecular flexibility index (Phi) is 6.20. The van der Waals surface area contributed by atoms with Gasteiger partial charge in [-0.3, -0.25) is 0 Å². The van der Waals surface area contributed by atoms with Crippen molar-refractivity contribution < 1.29 is 0 Å². The van der Waals surface area contributed by atoms with Gasteiger partial charge in [0.2, 0.25) is 0 Å². The van der Waals surface area contributed by atoms with Gasteiger partial charge in [-0.2, -0.15) is 0 Å². The summed E-state index contributed by atoms with van der Waals surface area (Å²) in [6, 6.07) is 10.9. The first-order chi connectivity index (χ1) is 9.38. The number of hydrogen-bond donors (Lipinski definition) is 0. The molecule has 1 aliphatic carbocycles. The normalized spacial score (nSPS) is 19.2. The Balaban J connectivity index is 1.61. The first kappa shape index (κ1) is 14.4. The van der Waals surface area contributed by atoms with E-state index in [2.05, 4.69) is 43.3 Å². The summed E-state index contributed by atoms with van der Waals surface area (Å²) in [5, 5.41) is 0. The van der Waals surface area contributed by atoms with Crippen molar-refractivity contribution in [2.24, 2.45) is 5.92 Å². The zero-order valence-corrected chi connectivity index (χ0v) is 12.4. The van der Waals surface area contributed by atoms with Crippen LogP contribution in [0.2, 0.25) is 0 Å². The van der Waals surface area contributed by atoms with E-state index in [0.29, 0.717) is 0 Å². The summed E-state index contributed by atoms with van der Waals surface area (Å²) in [5.74, 6) is 0.984. The van der Waals surface area contributed by atoms with Gasteiger partial charge in [-0.1, -0.05) is 61.7 Å². The van der Waals surface area contributed by atoms with E-state index >= 15 is 0 Å². The Morgan fingerprint density at radius 3 is 2.53 bits per heavy atom. The maximum Gasteiger partial charge on any atom is -0.0279 e. The van der Waals surface area contributed by atoms with E-state index in [0.717, 1.165) is 5.92 Å². The number of hydrogen-bond acceptors (Lipinski definition) is 0. The molecule has 0 radical (unpaired) electrons. The second kappa shape index (κ2) is 8.19. The molecule has 1 atom stereocenters. The minimum Gasteiger partial charge on any atom is -0.0851 e. The van der Waals surface area contributed by atoms with Crippen LogP contribution in [0.1, 0.15) is 63.9 Å². The number of allylic oxidation sites excluding steroid dienone is 2. The molecule has 0 spiro atoms. The molecule has 1 aliphatic rings. The minimum atomic E-state index is 0.984. The molecule has 0 heteroatoms. The Bertz CT molecular complexity index is 374. The molecule has 104 valence electrons. The van der Waals surface area contributed by atoms with Crippen LogP contribution in [-0.2, 0) is 6.42 Å². The molecule has 1 aromatic rings. The first-order valence-electron chi connectivity index (χ1n) is 8.10. The van der Waals surface area contributed by atoms with Crippen LogP contribution in [0.5, 0.6) is 0 Å². The third kappa shape index (κ3) is 5.22. The second-order valence-corrected chi connectivity index (χ2v) is 5.98. The van der Waals surface area contributed by atoms with Crippen LogP contribution in [0.4, 0.5) is 0 Å². The van der Waals surface area contributed by atoms with Gasteiger partial charge in [0, 0.05) is 0 Å². The van der Waals surface area contributed by atoms with E-state index in [-0.39, 0.29) is 0 Å². The van der Waals surface area contributed by atoms with Gasteiger partial charge in [0.25, 0.3) is 0 Å². The monoisotopic (exact) mass is 256 g/mol. The highest BCUT2D eigenvalue weighted by Gasteiger charge is 2.12. The highest BCUT2D eigenvalue weighted by molar-refractivity contribution is 5.14. The van der Waals surface area contributed by atoms with Crippen molar-refractivity contribution in [1.82, 2.24) is 0 Å². The predicted octanol–water partition coefficient (Wildman–Crippen LogP) is 5.93. The molecular weight excluding hydrogens is 228 g/mol. The van der Waals surface area contributed by atoms with E-state index in [1.165, 1.54) is 63.4 Å². The summed E-state index contributed by atoms with van der Waals surface area (Å²) in [4.78, 5) is 0. The van der Waals surface area contributed by atoms with Crippen molar-refractivity contribution in [2.75, 3.05) is 0 Å². The smallest absolute Gasteiger partial charge is 0.0279 e. The summed E-state index contributed by atoms with van der Waals surface area (Å²) in [6.45, 7) is 2.31. The van der Waals surface area contributed by atoms with Crippen LogP contribution < -0.4 is 0 Å². The molecule has 1 unspecified atom stereocenters. The third-order valence-corrected chi connectivity index (χ3v) is 4.37. The standard InChI is InChI=1S/C19H28/c1-2-8-17-13-15-19(16-14-17)12-7-6-11-18-9-4-3-5-10-18/h3-5,9-10,15,17H,2,6-8,11-14,16H2,1H3. The molecular formula is C19H28. The highest BCUT2D eigenvalue weighted by Crippen LogP contribution is 2.29. The SMILES string of the molecule is CCCC1CC=C(CCCCc2ccccc2)CC1. The zero-order chi connectivity index (χ0) is 13.3. The van der Waals surface area contributed by atoms with E-state index in [9.17, 15) is 0 Å². The fourth-order valence-corrected chi connectivity index (χ4v) is 3.17. The lowest BCUT2D eigenvalue weighted by Crippen LogP contribution is -2.05. The van der Waals surface area contributed by atoms with Crippen LogP contribution >= 0.6 is 0 Å². The fraction of sp³-hybridized carbons (Fsp3) is 0.579. The van der Waals surface area contributed by atoms with Crippen LogP contribution in [-0.4, -0.2) is 0 Å². The van der Waals surface area contributed by atoms with E-state index < -0.39 is 0 Å². The predicted molar refractivity (Wildman–Crippen MR) is 84.3 cm³/mol. The van der Waals surface area contributed by atoms with Crippen molar-refractivity contribution in [1.29, 1.82) is 0 Å². The number of aryl methyl sites for hydroxylation is 1. The molecule has 0 saturated heterocycles. The lowest BCUT2D eigenvalue weighted by Gasteiger charge is -2.21. The van der Waals surface area contributed by atoms with Gasteiger partial charge in [-0.25, -0.2) is 0 Å². The Morgan fingerprint density at radius 2 is 1.84 bits per heavy atom. The molecule has 19 heavy (non-hydrogen) atoms. The second-order valence-electron chi connectivity index (χ2n) is 5.98. The number of benzene rings is 1. The Hall–Kier alpha value is -1.04. The van der Waals surface area contributed by atoms with Crippen LogP contribution in [0.25, 0.3) is 0 Å². The van der Waals surface area contributed by atoms with Crippen molar-refractivity contribution in [3.63, 3.8) is 0 Å². The summed E-state index contributed by atoms with van der Waals surface area (Å²) < 4.78 is 0. The van der Waals surface area contributed by atoms with Gasteiger partial charge in [-0.05, 0) is 56.4 Å². The lowest BCUT2D eigenvalue weighted by molar-refractivity contribution is 0.427. The highest BCUT2D eigenvalue weighted by atomic mass is 14.2. The first-order valence-corrected chi connectivity index (χ1v) is 8.10. The van der Waals surface area contributed by atoms with E-state index in [4.69, 9.17) is 0 Å². The fourth-order valence-electron chi connectivity index (χ4n) is 3.17. The molecule has 0 nitrogen and oxygen atoms in total. The molecule has 0 fully saturated rings. The van der Waals surface area contributed by atoms with Gasteiger partial charge in [0.1, 0.15) is 0 Å². The molecule has 0 amide bonds. The summed E-state index contributed by atoms with van der Waals surface area (Å²) in [5.41, 5.74) is 3.23. The topological polar surface area (TPSA) is 0 Å². The molecule has 0 saturated carbocycles. The van der Waals surface area contributed by atoms with E-state index in [1.54, 1.807) is 5.57 Å². The van der Waals surface area contributed by atoms with Crippen LogP contribution in [0.3, 0.4) is 0 Å². The molecule has 0 bridgehead atoms. The average molecular weight is 256 g/mol. The quantitative estimate of drug-likeness (QED) is 0.419. The largest absolute Gasteiger partial charge is 0.0851 e. The van der Waals surface area contributed by atoms with Gasteiger partial charge in [0.05, 0.1) is 0 Å². The molecule has 1 aromatic carbocycles. The summed E-state index contributed by atoms with van der Waals surface area (Å²) in [6.07, 6.45) is 14.8. The maximum atomic E-state index is 2.55. The van der Waals surface area contributed by atoms with Crippen molar-refractivity contribution in [2.45, 2.75) is 64.7 Å². The van der Waals surface area contributed by atoms with E-state index in [1.807, 2.05) is 0 Å². The number of rotatable bonds is 7. The van der Waals surface area contributed by atoms with Gasteiger partial charge in [-0.15, -0.1) is 0 Å². The van der Waals surface area contributed by atoms with Gasteiger partial charge >= 0.3 is 0 Å². The summed E-state index contributed by atoms with van der Waals surface area (Å²) in [7, 11) is 0. The summed E-state index contributed by atoms with van der Waals surface area (Å²) >= 11 is 0. The molecule has 2 rings (SSSR count). The number of unbranched alkanes of at least 4 members (excludes halogenated alkanes) is 1. The molecule has 0 heterocycles. The van der Waals surface area contributed by atoms with Gasteiger partial charge in [0.15, 0.2) is 0 Å². The van der Waals surface area contributed by atoms with Crippen molar-refractivity contribution >= 4 is 0 Å². The maximum absolute atomic E-state index is 2.55.